The van der Waals surface area contributed by atoms with E-state index in [0.717, 1.165) is 31.4 Å². The lowest BCUT2D eigenvalue weighted by Gasteiger charge is -2.23. The summed E-state index contributed by atoms with van der Waals surface area (Å²) >= 11 is 0. The van der Waals surface area contributed by atoms with Crippen molar-refractivity contribution in [3.05, 3.63) is 29.8 Å². The third-order valence-electron chi connectivity index (χ3n) is 3.71. The minimum absolute atomic E-state index is 0.478. The van der Waals surface area contributed by atoms with Gasteiger partial charge in [-0.05, 0) is 36.5 Å². The summed E-state index contributed by atoms with van der Waals surface area (Å²) in [6.45, 7) is 5.07. The maximum absolute atomic E-state index is 10.3. The van der Waals surface area contributed by atoms with Gasteiger partial charge in [0.2, 0.25) is 0 Å². The summed E-state index contributed by atoms with van der Waals surface area (Å²) in [5.41, 5.74) is 1.98. The maximum atomic E-state index is 10.3. The van der Waals surface area contributed by atoms with Crippen LogP contribution in [0.3, 0.4) is 0 Å². The third kappa shape index (κ3) is 3.22. The van der Waals surface area contributed by atoms with Crippen LogP contribution in [0.15, 0.2) is 24.3 Å². The topological polar surface area (TPSA) is 32.3 Å². The molecular weight excluding hydrogens is 210 g/mol. The molecule has 0 bridgehead atoms. The van der Waals surface area contributed by atoms with E-state index in [0.29, 0.717) is 12.5 Å². The smallest absolute Gasteiger partial charge is 0.0819 e. The molecular formula is C15H23NO. The molecule has 1 aliphatic rings. The van der Waals surface area contributed by atoms with Crippen LogP contribution in [0.25, 0.3) is 0 Å². The molecule has 94 valence electrons. The van der Waals surface area contributed by atoms with Gasteiger partial charge in [-0.25, -0.2) is 0 Å². The van der Waals surface area contributed by atoms with E-state index in [1.807, 2.05) is 0 Å². The molecule has 0 aliphatic heterocycles. The Morgan fingerprint density at radius 3 is 2.65 bits per heavy atom. The van der Waals surface area contributed by atoms with Crippen LogP contribution < -0.4 is 5.32 Å². The fourth-order valence-corrected chi connectivity index (χ4v) is 2.48. The Hall–Kier alpha value is -1.02. The summed E-state index contributed by atoms with van der Waals surface area (Å²) in [5.74, 6) is 0.548. The van der Waals surface area contributed by atoms with Crippen molar-refractivity contribution in [2.45, 2.75) is 51.0 Å². The number of rotatable bonds is 4. The van der Waals surface area contributed by atoms with Gasteiger partial charge in [0.25, 0.3) is 0 Å². The quantitative estimate of drug-likeness (QED) is 0.834. The first-order valence-electron chi connectivity index (χ1n) is 6.65. The molecule has 0 atom stereocenters. The van der Waals surface area contributed by atoms with Crippen molar-refractivity contribution in [2.24, 2.45) is 0 Å². The Bertz CT molecular complexity index is 367. The molecule has 0 heterocycles. The Kier molecular flexibility index (Phi) is 3.72. The molecule has 0 radical (unpaired) electrons. The van der Waals surface area contributed by atoms with Crippen molar-refractivity contribution in [2.75, 3.05) is 11.9 Å². The lowest BCUT2D eigenvalue weighted by Crippen LogP contribution is -2.33. The zero-order valence-electron chi connectivity index (χ0n) is 10.9. The van der Waals surface area contributed by atoms with Crippen LogP contribution in [0.1, 0.15) is 51.0 Å². The number of anilines is 1. The zero-order chi connectivity index (χ0) is 12.3. The lowest BCUT2D eigenvalue weighted by molar-refractivity contribution is 0.0615. The highest BCUT2D eigenvalue weighted by atomic mass is 16.3. The number of hydrogen-bond acceptors (Lipinski definition) is 2. The Balaban J connectivity index is 1.96. The second kappa shape index (κ2) is 5.09. The molecule has 1 aromatic carbocycles. The van der Waals surface area contributed by atoms with E-state index in [1.54, 1.807) is 0 Å². The first kappa shape index (κ1) is 12.4. The van der Waals surface area contributed by atoms with Crippen LogP contribution in [0.5, 0.6) is 0 Å². The van der Waals surface area contributed by atoms with Gasteiger partial charge in [0.15, 0.2) is 0 Å². The molecule has 0 amide bonds. The highest BCUT2D eigenvalue weighted by Gasteiger charge is 2.30. The molecule has 0 aromatic heterocycles. The standard InChI is InChI=1S/C15H23NO/c1-12(2)13-6-5-7-14(10-13)16-11-15(17)8-3-4-9-15/h5-7,10,12,16-17H,3-4,8-9,11H2,1-2H3. The van der Waals surface area contributed by atoms with Gasteiger partial charge in [-0.3, -0.25) is 0 Å². The first-order chi connectivity index (χ1) is 8.09. The fraction of sp³-hybridized carbons (Fsp3) is 0.600. The highest BCUT2D eigenvalue weighted by Crippen LogP contribution is 2.29. The molecule has 17 heavy (non-hydrogen) atoms. The largest absolute Gasteiger partial charge is 0.388 e. The molecule has 2 N–H and O–H groups in total. The third-order valence-corrected chi connectivity index (χ3v) is 3.71. The van der Waals surface area contributed by atoms with E-state index in [4.69, 9.17) is 0 Å². The zero-order valence-corrected chi connectivity index (χ0v) is 10.9. The predicted molar refractivity (Wildman–Crippen MR) is 72.4 cm³/mol. The van der Waals surface area contributed by atoms with Crippen LogP contribution >= 0.6 is 0 Å². The molecule has 0 unspecified atom stereocenters. The van der Waals surface area contributed by atoms with E-state index >= 15 is 0 Å². The normalized spacial score (nSPS) is 18.6. The molecule has 2 heteroatoms. The first-order valence-corrected chi connectivity index (χ1v) is 6.65. The number of aliphatic hydroxyl groups is 1. The molecule has 1 aromatic rings. The van der Waals surface area contributed by atoms with Crippen molar-refractivity contribution < 1.29 is 5.11 Å². The van der Waals surface area contributed by atoms with Gasteiger partial charge in [0.05, 0.1) is 5.60 Å². The van der Waals surface area contributed by atoms with Crippen LogP contribution in [-0.4, -0.2) is 17.3 Å². The summed E-state index contributed by atoms with van der Waals surface area (Å²) < 4.78 is 0. The van der Waals surface area contributed by atoms with Gasteiger partial charge in [-0.2, -0.15) is 0 Å². The van der Waals surface area contributed by atoms with Gasteiger partial charge in [0, 0.05) is 12.2 Å². The lowest BCUT2D eigenvalue weighted by atomic mass is 10.0. The van der Waals surface area contributed by atoms with Crippen LogP contribution in [0, 0.1) is 0 Å². The summed E-state index contributed by atoms with van der Waals surface area (Å²) in [5, 5.41) is 13.6. The average molecular weight is 233 g/mol. The van der Waals surface area contributed by atoms with E-state index in [-0.39, 0.29) is 0 Å². The molecule has 2 rings (SSSR count). The summed E-state index contributed by atoms with van der Waals surface area (Å²) in [7, 11) is 0. The molecule has 0 saturated heterocycles. The van der Waals surface area contributed by atoms with Crippen LogP contribution in [0.4, 0.5) is 5.69 Å². The molecule has 1 saturated carbocycles. The van der Waals surface area contributed by atoms with Crippen LogP contribution in [0.2, 0.25) is 0 Å². The maximum Gasteiger partial charge on any atom is 0.0819 e. The molecule has 0 spiro atoms. The summed E-state index contributed by atoms with van der Waals surface area (Å²) in [4.78, 5) is 0. The van der Waals surface area contributed by atoms with Gasteiger partial charge in [0.1, 0.15) is 0 Å². The predicted octanol–water partition coefficient (Wildman–Crippen LogP) is 3.53. The van der Waals surface area contributed by atoms with Crippen molar-refractivity contribution in [1.29, 1.82) is 0 Å². The Morgan fingerprint density at radius 2 is 2.00 bits per heavy atom. The SMILES string of the molecule is CC(C)c1cccc(NCC2(O)CCCC2)c1. The number of nitrogens with one attached hydrogen (secondary N) is 1. The highest BCUT2D eigenvalue weighted by molar-refractivity contribution is 5.46. The van der Waals surface area contributed by atoms with E-state index < -0.39 is 5.60 Å². The second-order valence-corrected chi connectivity index (χ2v) is 5.57. The minimum atomic E-state index is -0.478. The van der Waals surface area contributed by atoms with Crippen molar-refractivity contribution in [1.82, 2.24) is 0 Å². The monoisotopic (exact) mass is 233 g/mol. The van der Waals surface area contributed by atoms with Crippen molar-refractivity contribution in [3.8, 4) is 0 Å². The second-order valence-electron chi connectivity index (χ2n) is 5.57. The number of benzene rings is 1. The number of hydrogen-bond donors (Lipinski definition) is 2. The summed E-state index contributed by atoms with van der Waals surface area (Å²) in [6, 6.07) is 8.49. The van der Waals surface area contributed by atoms with Gasteiger partial charge >= 0.3 is 0 Å². The van der Waals surface area contributed by atoms with E-state index in [1.165, 1.54) is 5.56 Å². The van der Waals surface area contributed by atoms with Gasteiger partial charge < -0.3 is 10.4 Å². The Labute approximate surface area is 104 Å². The van der Waals surface area contributed by atoms with E-state index in [2.05, 4.69) is 43.4 Å². The average Bonchev–Trinajstić information content (AvgIpc) is 2.75. The molecule has 2 nitrogen and oxygen atoms in total. The summed E-state index contributed by atoms with van der Waals surface area (Å²) in [6.07, 6.45) is 4.18. The van der Waals surface area contributed by atoms with Crippen LogP contribution in [-0.2, 0) is 0 Å². The molecule has 1 aliphatic carbocycles. The Morgan fingerprint density at radius 1 is 1.29 bits per heavy atom. The van der Waals surface area contributed by atoms with Crippen molar-refractivity contribution in [3.63, 3.8) is 0 Å². The minimum Gasteiger partial charge on any atom is -0.388 e. The van der Waals surface area contributed by atoms with Gasteiger partial charge in [-0.1, -0.05) is 38.8 Å². The van der Waals surface area contributed by atoms with E-state index in [9.17, 15) is 5.11 Å². The molecule has 1 fully saturated rings. The fourth-order valence-electron chi connectivity index (χ4n) is 2.48. The van der Waals surface area contributed by atoms with Crippen molar-refractivity contribution >= 4 is 5.69 Å². The van der Waals surface area contributed by atoms with Gasteiger partial charge in [-0.15, -0.1) is 0 Å².